The van der Waals surface area contributed by atoms with E-state index in [1.165, 1.54) is 22.0 Å². The summed E-state index contributed by atoms with van der Waals surface area (Å²) in [5.74, 6) is 0. The van der Waals surface area contributed by atoms with Crippen molar-refractivity contribution in [2.45, 2.75) is 78.0 Å². The van der Waals surface area contributed by atoms with E-state index in [9.17, 15) is 0 Å². The van der Waals surface area contributed by atoms with Crippen molar-refractivity contribution in [3.63, 3.8) is 0 Å². The van der Waals surface area contributed by atoms with Crippen LogP contribution in [0.2, 0.25) is 0 Å². The van der Waals surface area contributed by atoms with E-state index in [2.05, 4.69) is 109 Å². The molecule has 0 aliphatic heterocycles. The number of hydrogen-bond acceptors (Lipinski definition) is 1. The lowest BCUT2D eigenvalue weighted by Crippen LogP contribution is -2.15. The van der Waals surface area contributed by atoms with Gasteiger partial charge in [-0.3, -0.25) is 0 Å². The van der Waals surface area contributed by atoms with Crippen LogP contribution in [-0.4, -0.2) is 22.6 Å². The van der Waals surface area contributed by atoms with E-state index in [0.717, 1.165) is 22.6 Å². The average Bonchev–Trinajstić information content (AvgIpc) is 2.57. The molecule has 2 aromatic carbocycles. The molecule has 0 aliphatic rings. The van der Waals surface area contributed by atoms with Crippen LogP contribution in [0.5, 0.6) is 0 Å². The van der Waals surface area contributed by atoms with Crippen molar-refractivity contribution >= 4 is 37.8 Å². The van der Waals surface area contributed by atoms with Crippen molar-refractivity contribution < 1.29 is 0 Å². The predicted octanol–water partition coefficient (Wildman–Crippen LogP) is 7.28. The number of benzene rings is 2. The molecule has 1 N–H and O–H groups in total. The maximum Gasteiger partial charge on any atom is 0.0384 e. The van der Waals surface area contributed by atoms with Gasteiger partial charge in [-0.1, -0.05) is 95.5 Å². The Morgan fingerprint density at radius 3 is 0.963 bits per heavy atom. The first-order chi connectivity index (χ1) is 12.7. The molecule has 0 spiro atoms. The first kappa shape index (κ1) is 22.4. The Hall–Kier alpha value is -0.900. The number of rotatable bonds is 8. The summed E-state index contributed by atoms with van der Waals surface area (Å²) in [6.45, 7) is 18.8. The zero-order chi connectivity index (χ0) is 20.1. The molecule has 2 rings (SSSR count). The maximum atomic E-state index is 3.57. The van der Waals surface area contributed by atoms with Gasteiger partial charge in [-0.25, -0.2) is 0 Å². The second kappa shape index (κ2) is 10.0. The molecule has 0 unspecified atom stereocenters. The number of nitrogens with one attached hydrogen (secondary N) is 1. The smallest absolute Gasteiger partial charge is 0.0384 e. The van der Waals surface area contributed by atoms with Gasteiger partial charge in [0.25, 0.3) is 0 Å². The summed E-state index contributed by atoms with van der Waals surface area (Å²) in [6.07, 6.45) is 0. The molecule has 2 aromatic rings. The van der Waals surface area contributed by atoms with Crippen LogP contribution in [0.1, 0.15) is 55.4 Å². The van der Waals surface area contributed by atoms with Gasteiger partial charge in [-0.05, 0) is 57.5 Å². The van der Waals surface area contributed by atoms with E-state index >= 15 is 0 Å². The van der Waals surface area contributed by atoms with E-state index in [-0.39, 0.29) is 15.8 Å². The van der Waals surface area contributed by atoms with E-state index in [1.807, 2.05) is 0 Å². The fourth-order valence-electron chi connectivity index (χ4n) is 3.99. The predicted molar refractivity (Wildman–Crippen MR) is 130 cm³/mol. The summed E-state index contributed by atoms with van der Waals surface area (Å²) >= 11 is 0. The van der Waals surface area contributed by atoms with E-state index in [0.29, 0.717) is 0 Å². The molecule has 0 atom stereocenters. The third-order valence-corrected chi connectivity index (χ3v) is 11.1. The van der Waals surface area contributed by atoms with Gasteiger partial charge in [0.05, 0.1) is 0 Å². The molecule has 3 heteroatoms. The molecule has 1 nitrogen and oxygen atoms in total. The van der Waals surface area contributed by atoms with Crippen LogP contribution in [0.4, 0.5) is 11.4 Å². The van der Waals surface area contributed by atoms with Crippen LogP contribution in [0.25, 0.3) is 0 Å². The van der Waals surface area contributed by atoms with Crippen LogP contribution in [0, 0.1) is 0 Å². The first-order valence-corrected chi connectivity index (χ1v) is 13.2. The molecular formula is C24H37NP2. The van der Waals surface area contributed by atoms with Crippen molar-refractivity contribution in [3.05, 3.63) is 48.5 Å². The van der Waals surface area contributed by atoms with Gasteiger partial charge in [0, 0.05) is 11.4 Å². The monoisotopic (exact) mass is 401 g/mol. The zero-order valence-electron chi connectivity index (χ0n) is 18.3. The van der Waals surface area contributed by atoms with E-state index < -0.39 is 0 Å². The summed E-state index contributed by atoms with van der Waals surface area (Å²) in [5, 5.41) is 6.59. The second-order valence-electron chi connectivity index (χ2n) is 8.41. The molecule has 0 fully saturated rings. The van der Waals surface area contributed by atoms with E-state index in [4.69, 9.17) is 0 Å². The Morgan fingerprint density at radius 2 is 0.741 bits per heavy atom. The Labute approximate surface area is 169 Å². The molecule has 0 radical (unpaired) electrons. The van der Waals surface area contributed by atoms with Gasteiger partial charge in [0.1, 0.15) is 0 Å². The highest BCUT2D eigenvalue weighted by atomic mass is 31.1. The SMILES string of the molecule is CC(C)P(c1ccc(Nc2ccc(P(C(C)C)C(C)C)cc2)cc1)C(C)C. The van der Waals surface area contributed by atoms with Crippen molar-refractivity contribution in [1.29, 1.82) is 0 Å². The zero-order valence-corrected chi connectivity index (χ0v) is 20.1. The third kappa shape index (κ3) is 6.04. The summed E-state index contributed by atoms with van der Waals surface area (Å²) in [5.41, 5.74) is 5.24. The molecular weight excluding hydrogens is 364 g/mol. The fourth-order valence-corrected chi connectivity index (χ4v) is 9.74. The lowest BCUT2D eigenvalue weighted by atomic mass is 10.2. The Balaban J connectivity index is 2.11. The summed E-state index contributed by atoms with van der Waals surface area (Å²) in [4.78, 5) is 0. The summed E-state index contributed by atoms with van der Waals surface area (Å²) in [6, 6.07) is 18.2. The number of hydrogen-bond donors (Lipinski definition) is 1. The first-order valence-electron chi connectivity index (χ1n) is 10.2. The quantitative estimate of drug-likeness (QED) is 0.458. The van der Waals surface area contributed by atoms with Crippen molar-refractivity contribution in [1.82, 2.24) is 0 Å². The molecule has 0 amide bonds. The maximum absolute atomic E-state index is 3.57. The van der Waals surface area contributed by atoms with Crippen molar-refractivity contribution in [2.75, 3.05) is 5.32 Å². The molecule has 0 aliphatic carbocycles. The minimum absolute atomic E-state index is 0.0954. The highest BCUT2D eigenvalue weighted by Crippen LogP contribution is 2.45. The summed E-state index contributed by atoms with van der Waals surface area (Å²) in [7, 11) is -0.191. The van der Waals surface area contributed by atoms with Gasteiger partial charge in [0.2, 0.25) is 0 Å². The highest BCUT2D eigenvalue weighted by molar-refractivity contribution is 7.67. The normalized spacial score (nSPS) is 12.2. The number of anilines is 2. The standard InChI is InChI=1S/C24H37NP2/c1-17(2)26(18(3)4)23-13-9-21(10-14-23)25-22-11-15-24(16-12-22)27(19(5)6)20(7)8/h9-20,25H,1-8H3. The molecule has 0 bridgehead atoms. The lowest BCUT2D eigenvalue weighted by Gasteiger charge is -2.26. The minimum atomic E-state index is -0.0954. The minimum Gasteiger partial charge on any atom is -0.356 e. The topological polar surface area (TPSA) is 12.0 Å². The van der Waals surface area contributed by atoms with E-state index in [1.54, 1.807) is 0 Å². The Morgan fingerprint density at radius 1 is 0.481 bits per heavy atom. The molecule has 27 heavy (non-hydrogen) atoms. The van der Waals surface area contributed by atoms with Gasteiger partial charge in [-0.2, -0.15) is 0 Å². The fraction of sp³-hybridized carbons (Fsp3) is 0.500. The average molecular weight is 402 g/mol. The van der Waals surface area contributed by atoms with Crippen LogP contribution >= 0.6 is 15.8 Å². The van der Waals surface area contributed by atoms with Crippen LogP contribution in [0.3, 0.4) is 0 Å². The highest BCUT2D eigenvalue weighted by Gasteiger charge is 2.19. The van der Waals surface area contributed by atoms with Crippen molar-refractivity contribution in [2.24, 2.45) is 0 Å². The van der Waals surface area contributed by atoms with Gasteiger partial charge >= 0.3 is 0 Å². The van der Waals surface area contributed by atoms with Crippen LogP contribution < -0.4 is 15.9 Å². The van der Waals surface area contributed by atoms with Gasteiger partial charge < -0.3 is 5.32 Å². The Kier molecular flexibility index (Phi) is 8.33. The Bertz CT molecular complexity index is 610. The molecule has 0 saturated carbocycles. The molecule has 148 valence electrons. The van der Waals surface area contributed by atoms with Crippen LogP contribution in [0.15, 0.2) is 48.5 Å². The third-order valence-electron chi connectivity index (χ3n) is 4.84. The van der Waals surface area contributed by atoms with Crippen LogP contribution in [-0.2, 0) is 0 Å². The van der Waals surface area contributed by atoms with Gasteiger partial charge in [-0.15, -0.1) is 0 Å². The van der Waals surface area contributed by atoms with Crippen molar-refractivity contribution in [3.8, 4) is 0 Å². The summed E-state index contributed by atoms with van der Waals surface area (Å²) < 4.78 is 0. The lowest BCUT2D eigenvalue weighted by molar-refractivity contribution is 1.02. The molecule has 0 heterocycles. The largest absolute Gasteiger partial charge is 0.356 e. The molecule has 0 saturated heterocycles. The second-order valence-corrected chi connectivity index (χ2v) is 15.2. The molecule has 0 aromatic heterocycles. The van der Waals surface area contributed by atoms with Gasteiger partial charge in [0.15, 0.2) is 0 Å².